The predicted octanol–water partition coefficient (Wildman–Crippen LogP) is 3.36. The zero-order valence-electron chi connectivity index (χ0n) is 19.6. The fraction of sp³-hybridized carbons (Fsp3) is 0.542. The number of anilines is 1. The van der Waals surface area contributed by atoms with Crippen LogP contribution < -0.4 is 10.5 Å². The van der Waals surface area contributed by atoms with Crippen LogP contribution in [0.1, 0.15) is 42.5 Å². The Bertz CT molecular complexity index is 1120. The number of rotatable bonds is 4. The molecule has 188 valence electrons. The summed E-state index contributed by atoms with van der Waals surface area (Å²) in [5, 5.41) is 4.63. The molecule has 1 spiro atoms. The number of fused-ring (bicyclic) bond motifs is 1. The van der Waals surface area contributed by atoms with E-state index in [-0.39, 0.29) is 18.7 Å². The quantitative estimate of drug-likeness (QED) is 0.641. The zero-order valence-corrected chi connectivity index (χ0v) is 20.5. The Kier molecular flexibility index (Phi) is 6.39. The fourth-order valence-corrected chi connectivity index (χ4v) is 5.98. The monoisotopic (exact) mass is 505 g/mol. The zero-order chi connectivity index (χ0) is 24.6. The summed E-state index contributed by atoms with van der Waals surface area (Å²) in [6, 6.07) is 4.34. The van der Waals surface area contributed by atoms with E-state index in [4.69, 9.17) is 15.3 Å². The number of nitrogens with two attached hydrogens (primary N) is 1. The first-order valence-electron chi connectivity index (χ1n) is 11.8. The van der Waals surface area contributed by atoms with Crippen LogP contribution in [-0.2, 0) is 16.2 Å². The van der Waals surface area contributed by atoms with Crippen molar-refractivity contribution in [2.24, 2.45) is 5.16 Å². The highest BCUT2D eigenvalue weighted by molar-refractivity contribution is 7.15. The summed E-state index contributed by atoms with van der Waals surface area (Å²) in [4.78, 5) is 27.1. The molecule has 5 rings (SSSR count). The molecule has 11 heteroatoms. The second-order valence-corrected chi connectivity index (χ2v) is 10.7. The van der Waals surface area contributed by atoms with Crippen molar-refractivity contribution in [2.45, 2.75) is 49.9 Å². The molecule has 8 nitrogen and oxygen atoms in total. The van der Waals surface area contributed by atoms with Crippen LogP contribution in [0, 0.1) is 5.82 Å². The normalized spacial score (nSPS) is 22.6. The highest BCUT2D eigenvalue weighted by Gasteiger charge is 2.48. The van der Waals surface area contributed by atoms with Crippen molar-refractivity contribution in [1.29, 1.82) is 0 Å². The van der Waals surface area contributed by atoms with Crippen LogP contribution in [0.2, 0.25) is 0 Å². The lowest BCUT2D eigenvalue weighted by atomic mass is 9.81. The van der Waals surface area contributed by atoms with Crippen LogP contribution in [0.3, 0.4) is 0 Å². The second kappa shape index (κ2) is 9.34. The van der Waals surface area contributed by atoms with Crippen LogP contribution in [-0.4, -0.2) is 71.0 Å². The molecule has 0 aliphatic carbocycles. The molecule has 0 atom stereocenters. The lowest BCUT2D eigenvalue weighted by Crippen LogP contribution is -2.57. The Morgan fingerprint density at radius 1 is 1.26 bits per heavy atom. The number of oxime groups is 1. The van der Waals surface area contributed by atoms with Crippen molar-refractivity contribution < 1.29 is 23.1 Å². The molecular formula is C24H29F2N5O3S. The summed E-state index contributed by atoms with van der Waals surface area (Å²) < 4.78 is 35.8. The van der Waals surface area contributed by atoms with Gasteiger partial charge in [-0.25, -0.2) is 13.8 Å². The van der Waals surface area contributed by atoms with Crippen molar-refractivity contribution in [3.8, 4) is 5.75 Å². The molecule has 0 saturated carbocycles. The Hall–Kier alpha value is -2.79. The van der Waals surface area contributed by atoms with Crippen molar-refractivity contribution in [3.63, 3.8) is 0 Å². The van der Waals surface area contributed by atoms with E-state index in [0.29, 0.717) is 74.1 Å². The average molecular weight is 506 g/mol. The molecule has 2 fully saturated rings. The van der Waals surface area contributed by atoms with Crippen molar-refractivity contribution in [3.05, 3.63) is 40.7 Å². The first-order chi connectivity index (χ1) is 16.8. The molecule has 3 aliphatic heterocycles. The standard InChI is InChI=1S/C24H29F2N5O3S/c1-33-29-19-13-23(34-20-3-2-16(25)12-18(19)20)4-10-31(11-5-23)21(32)24(26)6-8-30(9-7-24)15-17-14-28-22(27)35-17/h2-3,12,14H,4-11,13,15H2,1H3,(H2,27,28)/b29-19+. The molecule has 2 N–H and O–H groups in total. The van der Waals surface area contributed by atoms with Gasteiger partial charge in [0.05, 0.1) is 5.71 Å². The molecule has 0 radical (unpaired) electrons. The van der Waals surface area contributed by atoms with E-state index in [0.717, 1.165) is 4.88 Å². The first kappa shape index (κ1) is 23.9. The number of amides is 1. The smallest absolute Gasteiger partial charge is 0.260 e. The second-order valence-electron chi connectivity index (χ2n) is 9.52. The Morgan fingerprint density at radius 2 is 2.00 bits per heavy atom. The van der Waals surface area contributed by atoms with E-state index in [2.05, 4.69) is 15.0 Å². The summed E-state index contributed by atoms with van der Waals surface area (Å²) in [6.07, 6.45) is 3.60. The number of halogens is 2. The van der Waals surface area contributed by atoms with E-state index in [9.17, 15) is 9.18 Å². The summed E-state index contributed by atoms with van der Waals surface area (Å²) in [5.41, 5.74) is 4.45. The Labute approximate surface area is 206 Å². The maximum absolute atomic E-state index is 15.7. The molecule has 0 bridgehead atoms. The number of nitrogen functional groups attached to an aromatic ring is 1. The number of alkyl halides is 1. The molecule has 2 saturated heterocycles. The van der Waals surface area contributed by atoms with Crippen molar-refractivity contribution in [1.82, 2.24) is 14.8 Å². The minimum Gasteiger partial charge on any atom is -0.486 e. The SMILES string of the molecule is CO/N=C1\CC2(CCN(C(=O)C3(F)CCN(Cc4cnc(N)s4)CC3)CC2)Oc2ccc(F)cc21. The number of hydrogen-bond acceptors (Lipinski definition) is 8. The summed E-state index contributed by atoms with van der Waals surface area (Å²) in [5.74, 6) is -0.258. The van der Waals surface area contributed by atoms with Crippen LogP contribution in [0.15, 0.2) is 29.6 Å². The van der Waals surface area contributed by atoms with Gasteiger partial charge in [-0.1, -0.05) is 5.16 Å². The molecule has 0 unspecified atom stereocenters. The van der Waals surface area contributed by atoms with E-state index in [1.54, 1.807) is 17.2 Å². The third-order valence-corrected chi connectivity index (χ3v) is 8.03. The lowest BCUT2D eigenvalue weighted by Gasteiger charge is -2.46. The number of thiazole rings is 1. The van der Waals surface area contributed by atoms with E-state index >= 15 is 4.39 Å². The van der Waals surface area contributed by atoms with Gasteiger partial charge >= 0.3 is 0 Å². The minimum atomic E-state index is -1.85. The number of benzene rings is 1. The van der Waals surface area contributed by atoms with Gasteiger partial charge < -0.3 is 20.2 Å². The van der Waals surface area contributed by atoms with Gasteiger partial charge in [0.15, 0.2) is 10.8 Å². The molecule has 3 aliphatic rings. The van der Waals surface area contributed by atoms with Crippen LogP contribution in [0.5, 0.6) is 5.75 Å². The highest BCUT2D eigenvalue weighted by Crippen LogP contribution is 2.41. The third kappa shape index (κ3) is 4.84. The molecule has 35 heavy (non-hydrogen) atoms. The molecule has 1 aromatic carbocycles. The largest absolute Gasteiger partial charge is 0.486 e. The summed E-state index contributed by atoms with van der Waals surface area (Å²) in [6.45, 7) is 2.46. The number of carbonyl (C=O) groups excluding carboxylic acids is 1. The third-order valence-electron chi connectivity index (χ3n) is 7.21. The van der Waals surface area contributed by atoms with Gasteiger partial charge in [0.2, 0.25) is 0 Å². The lowest BCUT2D eigenvalue weighted by molar-refractivity contribution is -0.151. The Morgan fingerprint density at radius 3 is 2.66 bits per heavy atom. The predicted molar refractivity (Wildman–Crippen MR) is 129 cm³/mol. The van der Waals surface area contributed by atoms with Crippen molar-refractivity contribution in [2.75, 3.05) is 39.0 Å². The summed E-state index contributed by atoms with van der Waals surface area (Å²) in [7, 11) is 1.45. The minimum absolute atomic E-state index is 0.168. The number of ether oxygens (including phenoxy) is 1. The number of aromatic nitrogens is 1. The van der Waals surface area contributed by atoms with Crippen LogP contribution >= 0.6 is 11.3 Å². The van der Waals surface area contributed by atoms with Gasteiger partial charge in [0.25, 0.3) is 5.91 Å². The van der Waals surface area contributed by atoms with Crippen LogP contribution in [0.4, 0.5) is 13.9 Å². The molecule has 2 aromatic rings. The van der Waals surface area contributed by atoms with Gasteiger partial charge in [0.1, 0.15) is 24.3 Å². The molecular weight excluding hydrogens is 476 g/mol. The number of hydrogen-bond donors (Lipinski definition) is 1. The Balaban J connectivity index is 1.20. The average Bonchev–Trinajstić information content (AvgIpc) is 3.26. The van der Waals surface area contributed by atoms with E-state index in [1.807, 2.05) is 0 Å². The van der Waals surface area contributed by atoms with Gasteiger partial charge in [-0.2, -0.15) is 0 Å². The van der Waals surface area contributed by atoms with Crippen LogP contribution in [0.25, 0.3) is 0 Å². The van der Waals surface area contributed by atoms with E-state index < -0.39 is 17.2 Å². The number of piperidine rings is 2. The molecule has 1 amide bonds. The number of carbonyl (C=O) groups is 1. The number of likely N-dealkylation sites (tertiary alicyclic amines) is 2. The van der Waals surface area contributed by atoms with Gasteiger partial charge in [-0.05, 0) is 18.2 Å². The fourth-order valence-electron chi connectivity index (χ4n) is 5.25. The molecule has 4 heterocycles. The number of nitrogens with zero attached hydrogens (tertiary/aromatic N) is 4. The van der Waals surface area contributed by atoms with E-state index in [1.165, 1.54) is 30.6 Å². The van der Waals surface area contributed by atoms with Gasteiger partial charge in [-0.3, -0.25) is 9.69 Å². The first-order valence-corrected chi connectivity index (χ1v) is 12.6. The maximum Gasteiger partial charge on any atom is 0.260 e. The molecule has 1 aromatic heterocycles. The van der Waals surface area contributed by atoms with Crippen molar-refractivity contribution >= 4 is 28.1 Å². The van der Waals surface area contributed by atoms with Gasteiger partial charge in [-0.15, -0.1) is 11.3 Å². The summed E-state index contributed by atoms with van der Waals surface area (Å²) >= 11 is 1.43. The highest BCUT2D eigenvalue weighted by atomic mass is 32.1. The van der Waals surface area contributed by atoms with Gasteiger partial charge in [0, 0.05) is 81.5 Å². The topological polar surface area (TPSA) is 93.3 Å². The maximum atomic E-state index is 15.7.